The molecule has 3 aromatic rings. The number of ether oxygens (including phenoxy) is 2. The van der Waals surface area contributed by atoms with E-state index < -0.39 is 0 Å². The quantitative estimate of drug-likeness (QED) is 0.616. The summed E-state index contributed by atoms with van der Waals surface area (Å²) >= 11 is 0. The second-order valence-corrected chi connectivity index (χ2v) is 5.96. The van der Waals surface area contributed by atoms with E-state index in [1.165, 1.54) is 33.2 Å². The second-order valence-electron chi connectivity index (χ2n) is 5.96. The maximum Gasteiger partial charge on any atom is 0.231 e. The van der Waals surface area contributed by atoms with Crippen molar-refractivity contribution >= 4 is 10.8 Å². The highest BCUT2D eigenvalue weighted by atomic mass is 16.7. The molecule has 110 valence electrons. The molecule has 0 N–H and O–H groups in total. The average Bonchev–Trinajstić information content (AvgIpc) is 2.98. The van der Waals surface area contributed by atoms with Crippen molar-refractivity contribution < 1.29 is 9.47 Å². The Labute approximate surface area is 130 Å². The first-order valence-corrected chi connectivity index (χ1v) is 7.54. The molecule has 0 bridgehead atoms. The van der Waals surface area contributed by atoms with Crippen LogP contribution in [0.15, 0.2) is 42.5 Å². The van der Waals surface area contributed by atoms with Crippen LogP contribution in [0.3, 0.4) is 0 Å². The van der Waals surface area contributed by atoms with E-state index in [9.17, 15) is 0 Å². The monoisotopic (exact) mass is 290 g/mol. The fraction of sp³-hybridized carbons (Fsp3) is 0.200. The second kappa shape index (κ2) is 4.77. The van der Waals surface area contributed by atoms with Crippen LogP contribution in [-0.2, 0) is 0 Å². The lowest BCUT2D eigenvalue weighted by Crippen LogP contribution is -1.94. The molecule has 22 heavy (non-hydrogen) atoms. The van der Waals surface area contributed by atoms with E-state index in [1.807, 2.05) is 6.07 Å². The Balaban J connectivity index is 2.13. The number of fused-ring (bicyclic) bond motifs is 3. The fourth-order valence-electron chi connectivity index (χ4n) is 3.17. The number of rotatable bonds is 1. The first kappa shape index (κ1) is 13.2. The predicted molar refractivity (Wildman–Crippen MR) is 89.7 cm³/mol. The highest BCUT2D eigenvalue weighted by molar-refractivity contribution is 6.04. The van der Waals surface area contributed by atoms with Gasteiger partial charge in [-0.1, -0.05) is 42.0 Å². The standard InChI is InChI=1S/C20H18O2/c1-12-4-6-15(7-5-12)18-14(3)13(2)10-16-8-9-17-20(19(16)18)22-11-21-17/h4-10H,11H2,1-3H3. The molecular formula is C20H18O2. The summed E-state index contributed by atoms with van der Waals surface area (Å²) in [6.45, 7) is 6.75. The Bertz CT molecular complexity index is 877. The third-order valence-corrected chi connectivity index (χ3v) is 4.50. The van der Waals surface area contributed by atoms with Gasteiger partial charge in [0.2, 0.25) is 6.79 Å². The largest absolute Gasteiger partial charge is 0.454 e. The summed E-state index contributed by atoms with van der Waals surface area (Å²) in [6, 6.07) is 15.0. The van der Waals surface area contributed by atoms with E-state index in [4.69, 9.17) is 9.47 Å². The third kappa shape index (κ3) is 1.87. The van der Waals surface area contributed by atoms with Crippen LogP contribution in [0.25, 0.3) is 21.9 Å². The predicted octanol–water partition coefficient (Wildman–Crippen LogP) is 5.16. The van der Waals surface area contributed by atoms with Gasteiger partial charge in [0.25, 0.3) is 0 Å². The third-order valence-electron chi connectivity index (χ3n) is 4.50. The van der Waals surface area contributed by atoms with Gasteiger partial charge in [-0.05, 0) is 54.5 Å². The van der Waals surface area contributed by atoms with Crippen LogP contribution in [0.4, 0.5) is 0 Å². The fourth-order valence-corrected chi connectivity index (χ4v) is 3.17. The number of benzene rings is 3. The van der Waals surface area contributed by atoms with Crippen LogP contribution in [0.5, 0.6) is 11.5 Å². The average molecular weight is 290 g/mol. The maximum absolute atomic E-state index is 5.77. The zero-order valence-corrected chi connectivity index (χ0v) is 13.1. The summed E-state index contributed by atoms with van der Waals surface area (Å²) in [7, 11) is 0. The van der Waals surface area contributed by atoms with Crippen LogP contribution < -0.4 is 9.47 Å². The lowest BCUT2D eigenvalue weighted by Gasteiger charge is -2.15. The molecule has 0 aromatic heterocycles. The molecule has 0 saturated heterocycles. The summed E-state index contributed by atoms with van der Waals surface area (Å²) in [6.07, 6.45) is 0. The normalized spacial score (nSPS) is 12.9. The molecule has 1 aliphatic heterocycles. The molecule has 2 heteroatoms. The Hall–Kier alpha value is -2.48. The summed E-state index contributed by atoms with van der Waals surface area (Å²) in [5, 5.41) is 2.35. The van der Waals surface area contributed by atoms with E-state index in [1.54, 1.807) is 0 Å². The maximum atomic E-state index is 5.77. The number of hydrogen-bond donors (Lipinski definition) is 0. The van der Waals surface area contributed by atoms with Crippen LogP contribution in [-0.4, -0.2) is 6.79 Å². The molecule has 1 aliphatic rings. The van der Waals surface area contributed by atoms with Gasteiger partial charge in [-0.15, -0.1) is 0 Å². The first-order valence-electron chi connectivity index (χ1n) is 7.54. The summed E-state index contributed by atoms with van der Waals surface area (Å²) in [4.78, 5) is 0. The minimum Gasteiger partial charge on any atom is -0.454 e. The lowest BCUT2D eigenvalue weighted by atomic mass is 9.90. The van der Waals surface area contributed by atoms with Crippen molar-refractivity contribution in [3.8, 4) is 22.6 Å². The van der Waals surface area contributed by atoms with E-state index >= 15 is 0 Å². The van der Waals surface area contributed by atoms with Crippen molar-refractivity contribution in [2.75, 3.05) is 6.79 Å². The molecule has 3 aromatic carbocycles. The molecule has 1 heterocycles. The van der Waals surface area contributed by atoms with Gasteiger partial charge < -0.3 is 9.47 Å². The van der Waals surface area contributed by atoms with Gasteiger partial charge >= 0.3 is 0 Å². The van der Waals surface area contributed by atoms with Crippen LogP contribution in [0, 0.1) is 20.8 Å². The molecule has 0 saturated carbocycles. The van der Waals surface area contributed by atoms with Gasteiger partial charge in [0, 0.05) is 5.39 Å². The highest BCUT2D eigenvalue weighted by Gasteiger charge is 2.21. The Morgan fingerprint density at radius 3 is 2.41 bits per heavy atom. The van der Waals surface area contributed by atoms with E-state index in [2.05, 4.69) is 57.2 Å². The van der Waals surface area contributed by atoms with Gasteiger partial charge in [0.1, 0.15) is 0 Å². The highest BCUT2D eigenvalue weighted by Crippen LogP contribution is 2.45. The van der Waals surface area contributed by atoms with Crippen molar-refractivity contribution in [3.05, 3.63) is 59.2 Å². The molecule has 0 spiro atoms. The molecule has 4 rings (SSSR count). The summed E-state index contributed by atoms with van der Waals surface area (Å²) < 4.78 is 11.3. The Morgan fingerprint density at radius 2 is 1.64 bits per heavy atom. The van der Waals surface area contributed by atoms with Gasteiger partial charge in [0.05, 0.1) is 0 Å². The molecular weight excluding hydrogens is 272 g/mol. The molecule has 0 amide bonds. The minimum atomic E-state index is 0.300. The van der Waals surface area contributed by atoms with Crippen LogP contribution in [0.2, 0.25) is 0 Å². The zero-order valence-electron chi connectivity index (χ0n) is 13.1. The van der Waals surface area contributed by atoms with Gasteiger partial charge in [-0.25, -0.2) is 0 Å². The Morgan fingerprint density at radius 1 is 0.864 bits per heavy atom. The SMILES string of the molecule is Cc1ccc(-c2c(C)c(C)cc3ccc4c(c23)OCO4)cc1. The molecule has 0 aliphatic carbocycles. The van der Waals surface area contributed by atoms with Crippen molar-refractivity contribution in [2.45, 2.75) is 20.8 Å². The molecule has 0 atom stereocenters. The van der Waals surface area contributed by atoms with Crippen molar-refractivity contribution in [2.24, 2.45) is 0 Å². The molecule has 0 radical (unpaired) electrons. The van der Waals surface area contributed by atoms with E-state index in [-0.39, 0.29) is 0 Å². The van der Waals surface area contributed by atoms with Gasteiger partial charge in [0.15, 0.2) is 11.5 Å². The molecule has 2 nitrogen and oxygen atoms in total. The van der Waals surface area contributed by atoms with Gasteiger partial charge in [-0.2, -0.15) is 0 Å². The minimum absolute atomic E-state index is 0.300. The Kier molecular flexibility index (Phi) is 2.86. The topological polar surface area (TPSA) is 18.5 Å². The van der Waals surface area contributed by atoms with Crippen molar-refractivity contribution in [3.63, 3.8) is 0 Å². The van der Waals surface area contributed by atoms with E-state index in [0.29, 0.717) is 6.79 Å². The molecule has 0 fully saturated rings. The number of aryl methyl sites for hydroxylation is 2. The first-order chi connectivity index (χ1) is 10.6. The van der Waals surface area contributed by atoms with Crippen molar-refractivity contribution in [1.29, 1.82) is 0 Å². The lowest BCUT2D eigenvalue weighted by molar-refractivity contribution is 0.175. The zero-order chi connectivity index (χ0) is 15.3. The van der Waals surface area contributed by atoms with Gasteiger partial charge in [-0.3, -0.25) is 0 Å². The van der Waals surface area contributed by atoms with Crippen LogP contribution in [0.1, 0.15) is 16.7 Å². The van der Waals surface area contributed by atoms with E-state index in [0.717, 1.165) is 16.9 Å². The summed E-state index contributed by atoms with van der Waals surface area (Å²) in [5.41, 5.74) is 6.32. The number of hydrogen-bond acceptors (Lipinski definition) is 2. The van der Waals surface area contributed by atoms with Crippen LogP contribution >= 0.6 is 0 Å². The summed E-state index contributed by atoms with van der Waals surface area (Å²) in [5.74, 6) is 1.71. The van der Waals surface area contributed by atoms with Crippen molar-refractivity contribution in [1.82, 2.24) is 0 Å². The smallest absolute Gasteiger partial charge is 0.231 e. The molecule has 0 unspecified atom stereocenters.